The number of ether oxygens (including phenoxy) is 1. The molecule has 1 atom stereocenters. The molecule has 1 fully saturated rings. The van der Waals surface area contributed by atoms with Crippen molar-refractivity contribution in [3.63, 3.8) is 0 Å². The number of Topliss-reactive ketones (excluding diaryl/α,β-unsaturated/α-hetero) is 1. The Balaban J connectivity index is 2.03. The molecule has 1 aliphatic carbocycles. The molecule has 2 rings (SSSR count). The van der Waals surface area contributed by atoms with E-state index in [1.807, 2.05) is 12.1 Å². The van der Waals surface area contributed by atoms with Gasteiger partial charge in [-0.15, -0.1) is 0 Å². The average Bonchev–Trinajstić information content (AvgIpc) is 3.00. The van der Waals surface area contributed by atoms with Crippen LogP contribution in [-0.4, -0.2) is 12.9 Å². The molecular weight excluding hydrogens is 250 g/mol. The molecule has 0 amide bonds. The maximum atomic E-state index is 12.3. The molecule has 1 unspecified atom stereocenters. The van der Waals surface area contributed by atoms with Crippen LogP contribution in [0.3, 0.4) is 0 Å². The molecule has 0 spiro atoms. The third-order valence-corrected chi connectivity index (χ3v) is 4.17. The Kier molecular flexibility index (Phi) is 5.17. The normalized spacial score (nSPS) is 16.6. The van der Waals surface area contributed by atoms with Crippen LogP contribution in [-0.2, 0) is 4.79 Å². The summed E-state index contributed by atoms with van der Waals surface area (Å²) in [6.45, 7) is 0. The number of carbonyl (C=O) groups is 1. The van der Waals surface area contributed by atoms with Crippen LogP contribution < -0.4 is 4.74 Å². The van der Waals surface area contributed by atoms with Gasteiger partial charge in [0.25, 0.3) is 0 Å². The van der Waals surface area contributed by atoms with Crippen LogP contribution in [0.5, 0.6) is 5.75 Å². The first-order valence-corrected chi connectivity index (χ1v) is 7.31. The van der Waals surface area contributed by atoms with Crippen molar-refractivity contribution >= 4 is 5.78 Å². The first-order valence-electron chi connectivity index (χ1n) is 7.31. The lowest BCUT2D eigenvalue weighted by atomic mass is 9.90. The lowest BCUT2D eigenvalue weighted by Gasteiger charge is -2.14. The minimum absolute atomic E-state index is 0.0175. The smallest absolute Gasteiger partial charge is 0.154 e. The maximum absolute atomic E-state index is 12.3. The van der Waals surface area contributed by atoms with Crippen molar-refractivity contribution in [3.8, 4) is 11.8 Å². The number of hydrogen-bond donors (Lipinski definition) is 0. The third-order valence-electron chi connectivity index (χ3n) is 4.17. The van der Waals surface area contributed by atoms with Crippen LogP contribution in [0.1, 0.15) is 50.0 Å². The van der Waals surface area contributed by atoms with Gasteiger partial charge in [0, 0.05) is 12.0 Å². The highest BCUT2D eigenvalue weighted by Crippen LogP contribution is 2.31. The second kappa shape index (κ2) is 7.09. The van der Waals surface area contributed by atoms with E-state index in [4.69, 9.17) is 4.74 Å². The first kappa shape index (κ1) is 14.6. The average molecular weight is 271 g/mol. The Morgan fingerprint density at radius 1 is 1.40 bits per heavy atom. The molecule has 1 saturated carbocycles. The molecule has 0 bridgehead atoms. The summed E-state index contributed by atoms with van der Waals surface area (Å²) in [5, 5.41) is 9.34. The van der Waals surface area contributed by atoms with E-state index in [1.54, 1.807) is 19.2 Å². The van der Waals surface area contributed by atoms with Gasteiger partial charge in [0.2, 0.25) is 0 Å². The number of nitrogens with zero attached hydrogens (tertiary/aromatic N) is 1. The molecule has 20 heavy (non-hydrogen) atoms. The summed E-state index contributed by atoms with van der Waals surface area (Å²) in [4.78, 5) is 12.3. The number of nitriles is 1. The van der Waals surface area contributed by atoms with Gasteiger partial charge in [-0.25, -0.2) is 0 Å². The number of hydrogen-bond acceptors (Lipinski definition) is 3. The Labute approximate surface area is 120 Å². The van der Waals surface area contributed by atoms with E-state index in [0.29, 0.717) is 23.7 Å². The molecule has 1 aliphatic rings. The molecule has 0 aromatic heterocycles. The van der Waals surface area contributed by atoms with Crippen molar-refractivity contribution in [1.29, 1.82) is 5.26 Å². The maximum Gasteiger partial charge on any atom is 0.154 e. The van der Waals surface area contributed by atoms with E-state index in [1.165, 1.54) is 25.7 Å². The third kappa shape index (κ3) is 3.39. The molecule has 0 N–H and O–H groups in total. The summed E-state index contributed by atoms with van der Waals surface area (Å²) in [6, 6.07) is 9.43. The van der Waals surface area contributed by atoms with Gasteiger partial charge < -0.3 is 4.74 Å². The summed E-state index contributed by atoms with van der Waals surface area (Å²) in [6.07, 6.45) is 6.46. The second-order valence-corrected chi connectivity index (χ2v) is 5.46. The lowest BCUT2D eigenvalue weighted by molar-refractivity contribution is -0.119. The van der Waals surface area contributed by atoms with Gasteiger partial charge in [-0.3, -0.25) is 4.79 Å². The molecule has 1 aromatic rings. The van der Waals surface area contributed by atoms with Crippen LogP contribution in [0, 0.1) is 17.2 Å². The van der Waals surface area contributed by atoms with E-state index in [9.17, 15) is 10.1 Å². The molecular formula is C17H21NO2. The fraction of sp³-hybridized carbons (Fsp3) is 0.529. The summed E-state index contributed by atoms with van der Waals surface area (Å²) in [7, 11) is 1.57. The van der Waals surface area contributed by atoms with Gasteiger partial charge in [-0.1, -0.05) is 43.9 Å². The second-order valence-electron chi connectivity index (χ2n) is 5.46. The van der Waals surface area contributed by atoms with Gasteiger partial charge in [-0.05, 0) is 18.4 Å². The highest BCUT2D eigenvalue weighted by atomic mass is 16.5. The Bertz CT molecular complexity index is 498. The van der Waals surface area contributed by atoms with E-state index < -0.39 is 5.92 Å². The van der Waals surface area contributed by atoms with Crippen LogP contribution in [0.15, 0.2) is 24.3 Å². The van der Waals surface area contributed by atoms with Crippen LogP contribution in [0.2, 0.25) is 0 Å². The molecule has 1 aromatic carbocycles. The molecule has 0 radical (unpaired) electrons. The van der Waals surface area contributed by atoms with Crippen LogP contribution in [0.4, 0.5) is 0 Å². The molecule has 0 saturated heterocycles. The highest BCUT2D eigenvalue weighted by molar-refractivity contribution is 5.89. The Morgan fingerprint density at radius 3 is 2.75 bits per heavy atom. The first-order chi connectivity index (χ1) is 9.76. The SMILES string of the molecule is COc1ccccc1C(C#N)C(=O)CCC1CCCC1. The van der Waals surface area contributed by atoms with Crippen molar-refractivity contribution in [2.45, 2.75) is 44.4 Å². The van der Waals surface area contributed by atoms with Gasteiger partial charge in [0.1, 0.15) is 11.7 Å². The molecule has 3 nitrogen and oxygen atoms in total. The molecule has 106 valence electrons. The zero-order valence-corrected chi connectivity index (χ0v) is 12.0. The van der Waals surface area contributed by atoms with Crippen molar-refractivity contribution in [2.24, 2.45) is 5.92 Å². The summed E-state index contributed by atoms with van der Waals surface area (Å²) >= 11 is 0. The minimum atomic E-state index is -0.701. The fourth-order valence-corrected chi connectivity index (χ4v) is 3.01. The quantitative estimate of drug-likeness (QED) is 0.789. The molecule has 0 heterocycles. The topological polar surface area (TPSA) is 50.1 Å². The van der Waals surface area contributed by atoms with Crippen molar-refractivity contribution < 1.29 is 9.53 Å². The predicted octanol–water partition coefficient (Wildman–Crippen LogP) is 3.84. The zero-order valence-electron chi connectivity index (χ0n) is 12.0. The fourth-order valence-electron chi connectivity index (χ4n) is 3.01. The van der Waals surface area contributed by atoms with E-state index >= 15 is 0 Å². The number of carbonyl (C=O) groups excluding carboxylic acids is 1. The highest BCUT2D eigenvalue weighted by Gasteiger charge is 2.24. The zero-order chi connectivity index (χ0) is 14.4. The lowest BCUT2D eigenvalue weighted by Crippen LogP contribution is -2.13. The largest absolute Gasteiger partial charge is 0.496 e. The van der Waals surface area contributed by atoms with E-state index in [-0.39, 0.29) is 5.78 Å². The summed E-state index contributed by atoms with van der Waals surface area (Å²) < 4.78 is 5.25. The minimum Gasteiger partial charge on any atom is -0.496 e. The van der Waals surface area contributed by atoms with Gasteiger partial charge in [-0.2, -0.15) is 5.26 Å². The predicted molar refractivity (Wildman–Crippen MR) is 77.5 cm³/mol. The van der Waals surface area contributed by atoms with E-state index in [0.717, 1.165) is 6.42 Å². The number of para-hydroxylation sites is 1. The van der Waals surface area contributed by atoms with Crippen molar-refractivity contribution in [3.05, 3.63) is 29.8 Å². The van der Waals surface area contributed by atoms with Crippen molar-refractivity contribution in [1.82, 2.24) is 0 Å². The standard InChI is InChI=1S/C17H21NO2/c1-20-17-9-5-4-8-14(17)15(12-18)16(19)11-10-13-6-2-3-7-13/h4-5,8-9,13,15H,2-3,6-7,10-11H2,1H3. The summed E-state index contributed by atoms with van der Waals surface area (Å²) in [5.41, 5.74) is 0.689. The number of rotatable bonds is 6. The van der Waals surface area contributed by atoms with Gasteiger partial charge in [0.15, 0.2) is 5.78 Å². The van der Waals surface area contributed by atoms with Crippen LogP contribution >= 0.6 is 0 Å². The van der Waals surface area contributed by atoms with Crippen LogP contribution in [0.25, 0.3) is 0 Å². The molecule has 0 aliphatic heterocycles. The Hall–Kier alpha value is -1.82. The summed E-state index contributed by atoms with van der Waals surface area (Å²) in [5.74, 6) is 0.612. The Morgan fingerprint density at radius 2 is 2.10 bits per heavy atom. The van der Waals surface area contributed by atoms with Crippen molar-refractivity contribution in [2.75, 3.05) is 7.11 Å². The van der Waals surface area contributed by atoms with Gasteiger partial charge >= 0.3 is 0 Å². The van der Waals surface area contributed by atoms with E-state index in [2.05, 4.69) is 6.07 Å². The monoisotopic (exact) mass is 271 g/mol. The number of methoxy groups -OCH3 is 1. The van der Waals surface area contributed by atoms with Gasteiger partial charge in [0.05, 0.1) is 13.2 Å². The molecule has 3 heteroatoms. The number of ketones is 1. The number of benzene rings is 1.